The topological polar surface area (TPSA) is 127 Å². The lowest BCUT2D eigenvalue weighted by Crippen LogP contribution is -2.17. The first kappa shape index (κ1) is 15.4. The molecular formula is C12H9ClN4O5. The van der Waals surface area contributed by atoms with Crippen LogP contribution >= 0.6 is 11.6 Å². The fraction of sp³-hybridized carbons (Fsp3) is 0.0833. The average Bonchev–Trinajstić information content (AvgIpc) is 2.82. The summed E-state index contributed by atoms with van der Waals surface area (Å²) < 4.78 is 1.02. The summed E-state index contributed by atoms with van der Waals surface area (Å²) in [6.45, 7) is 0. The number of carboxylic acid groups (broad SMARTS) is 1. The molecule has 2 rings (SSSR count). The molecule has 10 heteroatoms. The number of aromatic nitrogens is 2. The van der Waals surface area contributed by atoms with Gasteiger partial charge in [0.05, 0.1) is 16.7 Å². The highest BCUT2D eigenvalue weighted by molar-refractivity contribution is 6.31. The van der Waals surface area contributed by atoms with Crippen LogP contribution in [0.25, 0.3) is 0 Å². The van der Waals surface area contributed by atoms with Crippen LogP contribution in [0.4, 0.5) is 11.4 Å². The molecule has 0 bridgehead atoms. The van der Waals surface area contributed by atoms with Crippen LogP contribution in [-0.2, 0) is 7.05 Å². The van der Waals surface area contributed by atoms with Crippen molar-refractivity contribution in [3.05, 3.63) is 50.8 Å². The van der Waals surface area contributed by atoms with Gasteiger partial charge in [-0.3, -0.25) is 19.6 Å². The molecule has 1 aromatic heterocycles. The number of benzene rings is 1. The van der Waals surface area contributed by atoms with E-state index in [-0.39, 0.29) is 22.0 Å². The third-order valence-electron chi connectivity index (χ3n) is 2.79. The summed E-state index contributed by atoms with van der Waals surface area (Å²) in [6.07, 6.45) is 1.07. The highest BCUT2D eigenvalue weighted by Crippen LogP contribution is 2.28. The highest BCUT2D eigenvalue weighted by atomic mass is 35.5. The van der Waals surface area contributed by atoms with Crippen molar-refractivity contribution in [1.29, 1.82) is 0 Å². The van der Waals surface area contributed by atoms with E-state index in [1.54, 1.807) is 0 Å². The van der Waals surface area contributed by atoms with E-state index in [0.29, 0.717) is 0 Å². The Kier molecular flexibility index (Phi) is 4.08. The van der Waals surface area contributed by atoms with Gasteiger partial charge in [0.15, 0.2) is 5.69 Å². The van der Waals surface area contributed by atoms with Crippen LogP contribution in [0.1, 0.15) is 20.8 Å². The maximum absolute atomic E-state index is 12.1. The molecule has 0 saturated carbocycles. The largest absolute Gasteiger partial charge is 0.477 e. The van der Waals surface area contributed by atoms with Crippen molar-refractivity contribution in [3.8, 4) is 0 Å². The van der Waals surface area contributed by atoms with Gasteiger partial charge in [-0.15, -0.1) is 0 Å². The predicted molar refractivity (Wildman–Crippen MR) is 76.2 cm³/mol. The van der Waals surface area contributed by atoms with Crippen molar-refractivity contribution in [2.45, 2.75) is 0 Å². The summed E-state index contributed by atoms with van der Waals surface area (Å²) in [5.74, 6) is -2.16. The monoisotopic (exact) mass is 324 g/mol. The molecule has 1 amide bonds. The Morgan fingerprint density at radius 3 is 2.73 bits per heavy atom. The first-order valence-electron chi connectivity index (χ1n) is 5.82. The Morgan fingerprint density at radius 2 is 2.14 bits per heavy atom. The quantitative estimate of drug-likeness (QED) is 0.653. The second kappa shape index (κ2) is 5.82. The minimum atomic E-state index is -1.34. The van der Waals surface area contributed by atoms with Gasteiger partial charge in [-0.2, -0.15) is 5.10 Å². The molecule has 1 heterocycles. The molecule has 0 aliphatic rings. The van der Waals surface area contributed by atoms with Crippen molar-refractivity contribution in [2.24, 2.45) is 7.05 Å². The fourth-order valence-electron chi connectivity index (χ4n) is 1.81. The molecule has 0 saturated heterocycles. The number of hydrogen-bond acceptors (Lipinski definition) is 5. The Balaban J connectivity index is 2.38. The summed E-state index contributed by atoms with van der Waals surface area (Å²) >= 11 is 5.68. The van der Waals surface area contributed by atoms with Gasteiger partial charge < -0.3 is 10.4 Å². The molecule has 0 atom stereocenters. The second-order valence-corrected chi connectivity index (χ2v) is 4.64. The summed E-state index contributed by atoms with van der Waals surface area (Å²) in [7, 11) is 1.37. The van der Waals surface area contributed by atoms with Crippen LogP contribution in [0.15, 0.2) is 24.4 Å². The van der Waals surface area contributed by atoms with Gasteiger partial charge in [0, 0.05) is 18.1 Å². The number of nitrogens with zero attached hydrogens (tertiary/aromatic N) is 3. The molecule has 0 fully saturated rings. The van der Waals surface area contributed by atoms with Crippen molar-refractivity contribution in [1.82, 2.24) is 9.78 Å². The number of carbonyl (C=O) groups excluding carboxylic acids is 1. The zero-order valence-electron chi connectivity index (χ0n) is 11.1. The number of carboxylic acids is 1. The molecule has 0 aliphatic heterocycles. The van der Waals surface area contributed by atoms with Crippen LogP contribution in [0.2, 0.25) is 5.02 Å². The molecule has 0 radical (unpaired) electrons. The number of aryl methyl sites for hydroxylation is 1. The summed E-state index contributed by atoms with van der Waals surface area (Å²) in [4.78, 5) is 33.5. The SMILES string of the molecule is Cn1ncc(C(=O)Nc2ccc(Cl)cc2[N+](=O)[O-])c1C(=O)O. The zero-order valence-corrected chi connectivity index (χ0v) is 11.9. The summed E-state index contributed by atoms with van der Waals surface area (Å²) in [5.41, 5.74) is -1.03. The number of rotatable bonds is 4. The lowest BCUT2D eigenvalue weighted by atomic mass is 10.2. The van der Waals surface area contributed by atoms with Gasteiger partial charge in [0.1, 0.15) is 5.69 Å². The normalized spacial score (nSPS) is 10.3. The van der Waals surface area contributed by atoms with Crippen molar-refractivity contribution in [2.75, 3.05) is 5.32 Å². The number of nitro benzene ring substituents is 1. The smallest absolute Gasteiger partial charge is 0.354 e. The fourth-order valence-corrected chi connectivity index (χ4v) is 1.97. The number of nitro groups is 1. The molecule has 2 aromatic rings. The number of anilines is 1. The van der Waals surface area contributed by atoms with Crippen LogP contribution in [0, 0.1) is 10.1 Å². The Morgan fingerprint density at radius 1 is 1.45 bits per heavy atom. The van der Waals surface area contributed by atoms with Gasteiger partial charge >= 0.3 is 5.97 Å². The zero-order chi connectivity index (χ0) is 16.4. The highest BCUT2D eigenvalue weighted by Gasteiger charge is 2.24. The van der Waals surface area contributed by atoms with Gasteiger partial charge in [-0.25, -0.2) is 4.79 Å². The maximum Gasteiger partial charge on any atom is 0.354 e. The van der Waals surface area contributed by atoms with Crippen molar-refractivity contribution < 1.29 is 19.6 Å². The third-order valence-corrected chi connectivity index (χ3v) is 3.03. The molecule has 9 nitrogen and oxygen atoms in total. The van der Waals surface area contributed by atoms with E-state index in [1.165, 1.54) is 19.2 Å². The lowest BCUT2D eigenvalue weighted by molar-refractivity contribution is -0.383. The second-order valence-electron chi connectivity index (χ2n) is 4.21. The minimum Gasteiger partial charge on any atom is -0.477 e. The van der Waals surface area contributed by atoms with Gasteiger partial charge in [-0.05, 0) is 12.1 Å². The van der Waals surface area contributed by atoms with E-state index in [9.17, 15) is 19.7 Å². The van der Waals surface area contributed by atoms with Crippen molar-refractivity contribution in [3.63, 3.8) is 0 Å². The van der Waals surface area contributed by atoms with Crippen molar-refractivity contribution >= 4 is 34.9 Å². The molecule has 0 unspecified atom stereocenters. The summed E-state index contributed by atoms with van der Waals surface area (Å²) in [5, 5.41) is 26.1. The molecule has 22 heavy (non-hydrogen) atoms. The summed E-state index contributed by atoms with van der Waals surface area (Å²) in [6, 6.07) is 3.71. The number of amides is 1. The number of carbonyl (C=O) groups is 2. The van der Waals surface area contributed by atoms with Crippen LogP contribution in [0.3, 0.4) is 0 Å². The van der Waals surface area contributed by atoms with Gasteiger partial charge in [0.25, 0.3) is 11.6 Å². The van der Waals surface area contributed by atoms with E-state index in [0.717, 1.165) is 16.9 Å². The van der Waals surface area contributed by atoms with Crippen LogP contribution < -0.4 is 5.32 Å². The van der Waals surface area contributed by atoms with Gasteiger partial charge in [0.2, 0.25) is 0 Å². The van der Waals surface area contributed by atoms with Gasteiger partial charge in [-0.1, -0.05) is 11.6 Å². The molecule has 0 spiro atoms. The van der Waals surface area contributed by atoms with Crippen LogP contribution in [-0.4, -0.2) is 31.7 Å². The van der Waals surface area contributed by atoms with Crippen LogP contribution in [0.5, 0.6) is 0 Å². The number of halogens is 1. The van der Waals surface area contributed by atoms with E-state index >= 15 is 0 Å². The Labute approximate surface area is 128 Å². The Bertz CT molecular complexity index is 786. The number of nitrogens with one attached hydrogen (secondary N) is 1. The Hall–Kier alpha value is -2.94. The first-order valence-corrected chi connectivity index (χ1v) is 6.19. The molecule has 1 aromatic carbocycles. The minimum absolute atomic E-state index is 0.0976. The standard InChI is InChI=1S/C12H9ClN4O5/c1-16-10(12(19)20)7(5-14-16)11(18)15-8-3-2-6(13)4-9(8)17(21)22/h2-5H,1H3,(H,15,18)(H,19,20). The molecule has 2 N–H and O–H groups in total. The van der Waals surface area contributed by atoms with E-state index in [1.807, 2.05) is 0 Å². The predicted octanol–water partition coefficient (Wildman–Crippen LogP) is 1.93. The van der Waals surface area contributed by atoms with E-state index in [4.69, 9.17) is 16.7 Å². The lowest BCUT2D eigenvalue weighted by Gasteiger charge is -2.06. The average molecular weight is 325 g/mol. The van der Waals surface area contributed by atoms with E-state index in [2.05, 4.69) is 10.4 Å². The first-order chi connectivity index (χ1) is 10.3. The molecule has 114 valence electrons. The molecule has 0 aliphatic carbocycles. The van der Waals surface area contributed by atoms with E-state index < -0.39 is 22.5 Å². The number of hydrogen-bond donors (Lipinski definition) is 2. The molecular weight excluding hydrogens is 316 g/mol. The number of aromatic carboxylic acids is 1. The third kappa shape index (κ3) is 2.88. The maximum atomic E-state index is 12.1.